The molecule has 5 heteroatoms. The molecule has 0 N–H and O–H groups in total. The van der Waals surface area contributed by atoms with Crippen LogP contribution in [0.5, 0.6) is 0 Å². The summed E-state index contributed by atoms with van der Waals surface area (Å²) in [6.07, 6.45) is 5.99. The van der Waals surface area contributed by atoms with Crippen molar-refractivity contribution in [3.63, 3.8) is 0 Å². The van der Waals surface area contributed by atoms with E-state index in [1.807, 2.05) is 0 Å². The summed E-state index contributed by atoms with van der Waals surface area (Å²) in [6.45, 7) is 0.138. The maximum absolute atomic E-state index is 10.6. The topological polar surface area (TPSA) is 37.4 Å². The number of hydrogen-bond donors (Lipinski definition) is 0. The average Bonchev–Trinajstić information content (AvgIpc) is 1.91. The lowest BCUT2D eigenvalue weighted by atomic mass is 10.7. The molecule has 0 fully saturated rings. The number of nitrogens with zero attached hydrogens (tertiary/aromatic N) is 1. The van der Waals surface area contributed by atoms with Crippen LogP contribution in [-0.2, 0) is 10.0 Å². The van der Waals surface area contributed by atoms with E-state index in [0.29, 0.717) is 7.18 Å². The Morgan fingerprint density at radius 1 is 1.55 bits per heavy atom. The molecule has 0 aliphatic carbocycles. The van der Waals surface area contributed by atoms with Gasteiger partial charge in [0.2, 0.25) is 10.0 Å². The predicted octanol–water partition coefficient (Wildman–Crippen LogP) is 0.0967. The summed E-state index contributed by atoms with van der Waals surface area (Å²) in [5.41, 5.74) is 0. The largest absolute Gasteiger partial charge is 0.255 e. The van der Waals surface area contributed by atoms with Crippen molar-refractivity contribution in [2.45, 2.75) is 0 Å². The van der Waals surface area contributed by atoms with E-state index >= 15 is 0 Å². The molecule has 11 heavy (non-hydrogen) atoms. The van der Waals surface area contributed by atoms with E-state index in [1.165, 1.54) is 7.05 Å². The fourth-order valence-electron chi connectivity index (χ4n) is 0.246. The van der Waals surface area contributed by atoms with Gasteiger partial charge in [-0.05, 0) is 0 Å². The minimum Gasteiger partial charge on any atom is -0.255 e. The minimum absolute atomic E-state index is 0.138. The van der Waals surface area contributed by atoms with Crippen molar-refractivity contribution < 1.29 is 12.8 Å². The molecular weight excluding hydrogens is 169 g/mol. The van der Waals surface area contributed by atoms with Crippen molar-refractivity contribution in [1.82, 2.24) is 4.31 Å². The van der Waals surface area contributed by atoms with E-state index in [-0.39, 0.29) is 6.54 Å². The maximum Gasteiger partial charge on any atom is 0.211 e. The standard InChI is InChI=1S/C5H9NO2S.CH3F/c1-4-5-6(2)9(3,7)8;1-2/h1H,5H2,2-3H3;1H3. The summed E-state index contributed by atoms with van der Waals surface area (Å²) >= 11 is 0. The van der Waals surface area contributed by atoms with Gasteiger partial charge in [0.25, 0.3) is 0 Å². The van der Waals surface area contributed by atoms with Gasteiger partial charge in [0, 0.05) is 7.05 Å². The molecule has 0 bridgehead atoms. The third-order valence-corrected chi connectivity index (χ3v) is 2.14. The number of alkyl halides is 1. The lowest BCUT2D eigenvalue weighted by molar-refractivity contribution is 0.509. The molecule has 0 atom stereocenters. The van der Waals surface area contributed by atoms with E-state index in [2.05, 4.69) is 5.92 Å². The third-order valence-electron chi connectivity index (χ3n) is 0.880. The Hall–Kier alpha value is -0.600. The molecule has 0 aromatic rings. The second-order valence-electron chi connectivity index (χ2n) is 1.72. The number of sulfonamides is 1. The smallest absolute Gasteiger partial charge is 0.211 e. The van der Waals surface area contributed by atoms with Gasteiger partial charge in [0.05, 0.1) is 20.0 Å². The highest BCUT2D eigenvalue weighted by molar-refractivity contribution is 7.88. The summed E-state index contributed by atoms with van der Waals surface area (Å²) in [7, 11) is -1.13. The number of halogens is 1. The summed E-state index contributed by atoms with van der Waals surface area (Å²) in [5, 5.41) is 0. The van der Waals surface area contributed by atoms with Crippen LogP contribution in [-0.4, -0.2) is 39.7 Å². The van der Waals surface area contributed by atoms with Gasteiger partial charge < -0.3 is 0 Å². The molecule has 0 heterocycles. The van der Waals surface area contributed by atoms with Crippen molar-refractivity contribution in [3.8, 4) is 12.3 Å². The van der Waals surface area contributed by atoms with Gasteiger partial charge >= 0.3 is 0 Å². The van der Waals surface area contributed by atoms with E-state index in [1.54, 1.807) is 0 Å². The summed E-state index contributed by atoms with van der Waals surface area (Å²) in [5.74, 6) is 2.22. The van der Waals surface area contributed by atoms with E-state index in [9.17, 15) is 12.8 Å². The zero-order valence-electron chi connectivity index (χ0n) is 6.83. The lowest BCUT2D eigenvalue weighted by Crippen LogP contribution is -2.25. The number of rotatable bonds is 2. The second-order valence-corrected chi connectivity index (χ2v) is 3.81. The number of hydrogen-bond acceptors (Lipinski definition) is 2. The maximum atomic E-state index is 10.6. The molecule has 3 nitrogen and oxygen atoms in total. The Bertz CT molecular complexity index is 217. The SMILES string of the molecule is C#CCN(C)S(C)(=O)=O.CF. The first kappa shape index (κ1) is 13.0. The predicted molar refractivity (Wildman–Crippen MR) is 43.3 cm³/mol. The van der Waals surface area contributed by atoms with E-state index < -0.39 is 10.0 Å². The van der Waals surface area contributed by atoms with Crippen LogP contribution in [0.4, 0.5) is 4.39 Å². The molecule has 0 radical (unpaired) electrons. The Morgan fingerprint density at radius 2 is 1.91 bits per heavy atom. The van der Waals surface area contributed by atoms with Gasteiger partial charge in [-0.3, -0.25) is 4.39 Å². The highest BCUT2D eigenvalue weighted by atomic mass is 32.2. The fraction of sp³-hybridized carbons (Fsp3) is 0.667. The molecule has 0 aromatic heterocycles. The second kappa shape index (κ2) is 6.13. The van der Waals surface area contributed by atoms with Gasteiger partial charge in [-0.15, -0.1) is 6.42 Å². The van der Waals surface area contributed by atoms with Crippen molar-refractivity contribution in [2.24, 2.45) is 0 Å². The van der Waals surface area contributed by atoms with Crippen LogP contribution in [0.25, 0.3) is 0 Å². The summed E-state index contributed by atoms with van der Waals surface area (Å²) in [6, 6.07) is 0. The first-order valence-corrected chi connectivity index (χ1v) is 4.56. The van der Waals surface area contributed by atoms with Crippen molar-refractivity contribution in [1.29, 1.82) is 0 Å². The minimum atomic E-state index is -3.07. The molecule has 0 saturated heterocycles. The third kappa shape index (κ3) is 7.30. The van der Waals surface area contributed by atoms with E-state index in [0.717, 1.165) is 10.6 Å². The van der Waals surface area contributed by atoms with Crippen LogP contribution in [0, 0.1) is 12.3 Å². The molecule has 0 aliphatic heterocycles. The fourth-order valence-corrected chi connectivity index (χ4v) is 0.555. The van der Waals surface area contributed by atoms with Crippen LogP contribution in [0.1, 0.15) is 0 Å². The zero-order chi connectivity index (χ0) is 9.49. The van der Waals surface area contributed by atoms with Crippen LogP contribution >= 0.6 is 0 Å². The number of terminal acetylenes is 1. The quantitative estimate of drug-likeness (QED) is 0.566. The molecule has 0 aromatic carbocycles. The van der Waals surface area contributed by atoms with Crippen molar-refractivity contribution >= 4 is 10.0 Å². The Labute approximate surface area is 67.3 Å². The molecule has 66 valence electrons. The summed E-state index contributed by atoms with van der Waals surface area (Å²) < 4.78 is 31.7. The van der Waals surface area contributed by atoms with Gasteiger partial charge in [0.15, 0.2) is 0 Å². The van der Waals surface area contributed by atoms with Crippen LogP contribution in [0.15, 0.2) is 0 Å². The van der Waals surface area contributed by atoms with Crippen molar-refractivity contribution in [2.75, 3.05) is 27.0 Å². The van der Waals surface area contributed by atoms with Crippen LogP contribution in [0.3, 0.4) is 0 Å². The normalized spacial score (nSPS) is 9.82. The van der Waals surface area contributed by atoms with Gasteiger partial charge in [-0.25, -0.2) is 8.42 Å². The Kier molecular flexibility index (Phi) is 7.26. The Balaban J connectivity index is 0. The first-order chi connectivity index (χ1) is 4.98. The molecule has 0 unspecified atom stereocenters. The van der Waals surface area contributed by atoms with Gasteiger partial charge in [0.1, 0.15) is 0 Å². The zero-order valence-corrected chi connectivity index (χ0v) is 7.65. The Morgan fingerprint density at radius 3 is 2.00 bits per heavy atom. The lowest BCUT2D eigenvalue weighted by Gasteiger charge is -2.08. The molecule has 0 aliphatic rings. The average molecular weight is 181 g/mol. The highest BCUT2D eigenvalue weighted by Gasteiger charge is 2.06. The summed E-state index contributed by atoms with van der Waals surface area (Å²) in [4.78, 5) is 0. The first-order valence-electron chi connectivity index (χ1n) is 2.71. The molecular formula is C6H12FNO2S. The van der Waals surface area contributed by atoms with Gasteiger partial charge in [-0.2, -0.15) is 4.31 Å². The molecule has 0 amide bonds. The van der Waals surface area contributed by atoms with Crippen molar-refractivity contribution in [3.05, 3.63) is 0 Å². The monoisotopic (exact) mass is 181 g/mol. The highest BCUT2D eigenvalue weighted by Crippen LogP contribution is 1.88. The molecule has 0 spiro atoms. The molecule has 0 rings (SSSR count). The molecule has 0 saturated carbocycles. The van der Waals surface area contributed by atoms with Gasteiger partial charge in [-0.1, -0.05) is 5.92 Å². The van der Waals surface area contributed by atoms with E-state index in [4.69, 9.17) is 6.42 Å². The van der Waals surface area contributed by atoms with Crippen LogP contribution in [0.2, 0.25) is 0 Å². The van der Waals surface area contributed by atoms with Crippen LogP contribution < -0.4 is 0 Å².